The second-order valence-electron chi connectivity index (χ2n) is 7.89. The number of aryl methyl sites for hydroxylation is 1. The molecule has 34 heavy (non-hydrogen) atoms. The molecule has 10 heteroatoms. The Morgan fingerprint density at radius 1 is 1.09 bits per heavy atom. The highest BCUT2D eigenvalue weighted by atomic mass is 32.2. The molecule has 0 unspecified atom stereocenters. The Labute approximate surface area is 203 Å². The molecule has 8 nitrogen and oxygen atoms in total. The van der Waals surface area contributed by atoms with E-state index < -0.39 is 16.0 Å². The van der Waals surface area contributed by atoms with Crippen LogP contribution >= 0.6 is 11.8 Å². The summed E-state index contributed by atoms with van der Waals surface area (Å²) >= 11 is 1.34. The van der Waals surface area contributed by atoms with Crippen LogP contribution in [0.15, 0.2) is 69.1 Å². The lowest BCUT2D eigenvalue weighted by Gasteiger charge is -2.20. The van der Waals surface area contributed by atoms with Crippen LogP contribution in [0, 0.1) is 18.3 Å². The number of nitrogens with zero attached hydrogens (tertiary/aromatic N) is 3. The Morgan fingerprint density at radius 3 is 2.35 bits per heavy atom. The lowest BCUT2D eigenvalue weighted by atomic mass is 10.1. The summed E-state index contributed by atoms with van der Waals surface area (Å²) in [7, 11) is -3.96. The van der Waals surface area contributed by atoms with Crippen molar-refractivity contribution in [2.24, 2.45) is 16.0 Å². The van der Waals surface area contributed by atoms with E-state index in [0.29, 0.717) is 10.7 Å². The topological polar surface area (TPSA) is 112 Å². The van der Waals surface area contributed by atoms with E-state index in [4.69, 9.17) is 9.59 Å². The molecule has 176 valence electrons. The van der Waals surface area contributed by atoms with Crippen molar-refractivity contribution in [3.05, 3.63) is 65.2 Å². The maximum Gasteiger partial charge on any atom is 0.339 e. The van der Waals surface area contributed by atoms with Crippen LogP contribution in [0.1, 0.15) is 37.8 Å². The van der Waals surface area contributed by atoms with Crippen molar-refractivity contribution < 1.29 is 17.4 Å². The molecule has 1 amide bonds. The van der Waals surface area contributed by atoms with Crippen LogP contribution in [0.3, 0.4) is 0 Å². The standard InChI is InChI=1S/C24H24N4O4S2/c1-4-17(5-2)23-27-28-21(25)20(22(29)26-24(28)33-23)14-16-8-10-18(11-9-16)32-34(30,31)19-12-6-15(3)7-13-19/h6-14,17,25H,4-5H2,1-3H3/b20-14-,25-21?. The molecule has 0 saturated heterocycles. The van der Waals surface area contributed by atoms with Gasteiger partial charge in [0.15, 0.2) is 5.84 Å². The fraction of sp³-hybridized carbons (Fsp3) is 0.250. The SMILES string of the molecule is CCC(CC)C1=NN2C(=N)/C(=C/c3ccc(OS(=O)(=O)c4ccc(C)cc4)cc3)C(=O)N=C2S1. The summed E-state index contributed by atoms with van der Waals surface area (Å²) in [4.78, 5) is 16.8. The van der Waals surface area contributed by atoms with Gasteiger partial charge in [0.25, 0.3) is 5.91 Å². The Morgan fingerprint density at radius 2 is 1.74 bits per heavy atom. The van der Waals surface area contributed by atoms with E-state index in [0.717, 1.165) is 23.4 Å². The van der Waals surface area contributed by atoms with Gasteiger partial charge in [-0.1, -0.05) is 43.7 Å². The number of hydrazone groups is 1. The van der Waals surface area contributed by atoms with Crippen molar-refractivity contribution in [2.75, 3.05) is 0 Å². The van der Waals surface area contributed by atoms with Crippen LogP contribution in [0.4, 0.5) is 0 Å². The van der Waals surface area contributed by atoms with E-state index in [1.807, 2.05) is 6.92 Å². The maximum absolute atomic E-state index is 12.6. The zero-order valence-corrected chi connectivity index (χ0v) is 20.6. The minimum absolute atomic E-state index is 0.0364. The number of benzene rings is 2. The van der Waals surface area contributed by atoms with E-state index in [1.165, 1.54) is 41.0 Å². The van der Waals surface area contributed by atoms with Gasteiger partial charge in [0.05, 0.1) is 5.57 Å². The molecule has 2 aromatic carbocycles. The molecule has 0 aliphatic carbocycles. The normalized spacial score (nSPS) is 17.2. The van der Waals surface area contributed by atoms with Crippen LogP contribution in [-0.2, 0) is 14.9 Å². The summed E-state index contributed by atoms with van der Waals surface area (Å²) < 4.78 is 30.2. The molecular weight excluding hydrogens is 472 g/mol. The van der Waals surface area contributed by atoms with E-state index in [-0.39, 0.29) is 28.0 Å². The third-order valence-electron chi connectivity index (χ3n) is 5.51. The Bertz CT molecular complexity index is 1320. The fourth-order valence-electron chi connectivity index (χ4n) is 3.48. The first-order valence-electron chi connectivity index (χ1n) is 10.8. The van der Waals surface area contributed by atoms with Gasteiger partial charge < -0.3 is 4.18 Å². The molecule has 0 radical (unpaired) electrons. The van der Waals surface area contributed by atoms with Gasteiger partial charge in [0.2, 0.25) is 5.17 Å². The highest BCUT2D eigenvalue weighted by molar-refractivity contribution is 8.27. The van der Waals surface area contributed by atoms with Gasteiger partial charge in [0.1, 0.15) is 15.7 Å². The van der Waals surface area contributed by atoms with Gasteiger partial charge in [-0.2, -0.15) is 23.5 Å². The molecule has 0 aromatic heterocycles. The predicted octanol–water partition coefficient (Wildman–Crippen LogP) is 4.82. The van der Waals surface area contributed by atoms with E-state index in [2.05, 4.69) is 23.9 Å². The van der Waals surface area contributed by atoms with Gasteiger partial charge in [-0.3, -0.25) is 10.2 Å². The molecule has 2 aliphatic heterocycles. The predicted molar refractivity (Wildman–Crippen MR) is 135 cm³/mol. The summed E-state index contributed by atoms with van der Waals surface area (Å²) in [5, 5.41) is 15.7. The first-order chi connectivity index (χ1) is 16.2. The zero-order valence-electron chi connectivity index (χ0n) is 19.0. The minimum atomic E-state index is -3.96. The number of amidine groups is 2. The minimum Gasteiger partial charge on any atom is -0.379 e. The summed E-state index contributed by atoms with van der Waals surface area (Å²) in [6.07, 6.45) is 3.38. The van der Waals surface area contributed by atoms with Crippen molar-refractivity contribution >= 4 is 49.9 Å². The van der Waals surface area contributed by atoms with Gasteiger partial charge in [-0.05, 0) is 67.4 Å². The average molecular weight is 497 g/mol. The highest BCUT2D eigenvalue weighted by Crippen LogP contribution is 2.33. The zero-order chi connectivity index (χ0) is 24.5. The smallest absolute Gasteiger partial charge is 0.339 e. The van der Waals surface area contributed by atoms with Crippen LogP contribution in [-0.4, -0.2) is 35.4 Å². The van der Waals surface area contributed by atoms with E-state index in [9.17, 15) is 13.2 Å². The van der Waals surface area contributed by atoms with Gasteiger partial charge >= 0.3 is 10.1 Å². The number of thioether (sulfide) groups is 1. The molecule has 0 spiro atoms. The number of carbonyl (C=O) groups excluding carboxylic acids is 1. The van der Waals surface area contributed by atoms with Gasteiger partial charge in [-0.15, -0.1) is 0 Å². The second-order valence-corrected chi connectivity index (χ2v) is 10.4. The third-order valence-corrected chi connectivity index (χ3v) is 7.84. The Hall–Kier alpha value is -3.24. The molecule has 2 aromatic rings. The van der Waals surface area contributed by atoms with Crippen LogP contribution in [0.2, 0.25) is 0 Å². The molecule has 0 bridgehead atoms. The number of fused-ring (bicyclic) bond motifs is 1. The van der Waals surface area contributed by atoms with Crippen molar-refractivity contribution in [3.63, 3.8) is 0 Å². The lowest BCUT2D eigenvalue weighted by molar-refractivity contribution is -0.114. The van der Waals surface area contributed by atoms with Crippen LogP contribution < -0.4 is 4.18 Å². The third kappa shape index (κ3) is 4.83. The molecule has 4 rings (SSSR count). The number of carbonyl (C=O) groups is 1. The maximum atomic E-state index is 12.6. The van der Waals surface area contributed by atoms with Crippen molar-refractivity contribution in [1.29, 1.82) is 5.41 Å². The first kappa shape index (κ1) is 23.9. The Kier molecular flexibility index (Phi) is 6.72. The molecule has 0 fully saturated rings. The molecular formula is C24H24N4O4S2. The number of amides is 1. The monoisotopic (exact) mass is 496 g/mol. The molecule has 2 heterocycles. The first-order valence-corrected chi connectivity index (χ1v) is 13.1. The van der Waals surface area contributed by atoms with Crippen LogP contribution in [0.5, 0.6) is 5.75 Å². The highest BCUT2D eigenvalue weighted by Gasteiger charge is 2.37. The summed E-state index contributed by atoms with van der Waals surface area (Å²) in [5.41, 5.74) is 1.66. The van der Waals surface area contributed by atoms with E-state index >= 15 is 0 Å². The van der Waals surface area contributed by atoms with Crippen molar-refractivity contribution in [2.45, 2.75) is 38.5 Å². The lowest BCUT2D eigenvalue weighted by Crippen LogP contribution is -2.35. The quantitative estimate of drug-likeness (QED) is 0.434. The summed E-state index contributed by atoms with van der Waals surface area (Å²) in [6, 6.07) is 12.6. The van der Waals surface area contributed by atoms with Crippen LogP contribution in [0.25, 0.3) is 6.08 Å². The summed E-state index contributed by atoms with van der Waals surface area (Å²) in [6.45, 7) is 6.03. The average Bonchev–Trinajstić information content (AvgIpc) is 3.22. The van der Waals surface area contributed by atoms with Gasteiger partial charge in [-0.25, -0.2) is 0 Å². The number of hydrogen-bond donors (Lipinski definition) is 1. The molecule has 2 aliphatic rings. The second kappa shape index (κ2) is 9.55. The number of hydrogen-bond acceptors (Lipinski definition) is 7. The van der Waals surface area contributed by atoms with Gasteiger partial charge in [0, 0.05) is 5.92 Å². The fourth-order valence-corrected chi connectivity index (χ4v) is 5.56. The number of nitrogens with one attached hydrogen (secondary N) is 1. The number of aliphatic imine (C=N–C) groups is 1. The Balaban J connectivity index is 1.53. The number of rotatable bonds is 7. The van der Waals surface area contributed by atoms with E-state index in [1.54, 1.807) is 30.3 Å². The summed E-state index contributed by atoms with van der Waals surface area (Å²) in [5.74, 6) is -0.140. The van der Waals surface area contributed by atoms with Crippen molar-refractivity contribution in [3.8, 4) is 5.75 Å². The molecule has 0 saturated carbocycles. The van der Waals surface area contributed by atoms with Crippen molar-refractivity contribution in [1.82, 2.24) is 5.01 Å². The molecule has 1 N–H and O–H groups in total. The molecule has 0 atom stereocenters. The largest absolute Gasteiger partial charge is 0.379 e.